The lowest BCUT2D eigenvalue weighted by atomic mass is 9.77. The normalized spacial score (nSPS) is 37.8. The average molecular weight is 255 g/mol. The Morgan fingerprint density at radius 3 is 2.67 bits per heavy atom. The lowest BCUT2D eigenvalue weighted by Crippen LogP contribution is -2.44. The molecule has 0 aromatic rings. The molecule has 18 heavy (non-hydrogen) atoms. The monoisotopic (exact) mass is 255 g/mol. The Morgan fingerprint density at radius 2 is 1.94 bits per heavy atom. The van der Waals surface area contributed by atoms with Gasteiger partial charge in [-0.2, -0.15) is 0 Å². The number of rotatable bonds is 2. The molecule has 0 bridgehead atoms. The van der Waals surface area contributed by atoms with Crippen molar-refractivity contribution in [2.75, 3.05) is 19.7 Å². The fourth-order valence-corrected chi connectivity index (χ4v) is 4.24. The largest absolute Gasteiger partial charge is 0.375 e. The molecule has 1 spiro atoms. The fraction of sp³-hybridized carbons (Fsp3) is 1.00. The molecule has 1 N–H and O–H groups in total. The van der Waals surface area contributed by atoms with E-state index in [1.54, 1.807) is 0 Å². The Labute approximate surface area is 110 Å². The topological polar surface area (TPSA) is 21.3 Å². The van der Waals surface area contributed by atoms with Crippen molar-refractivity contribution in [2.45, 2.75) is 63.1 Å². The average Bonchev–Trinajstić information content (AvgIpc) is 2.87. The first kappa shape index (κ1) is 12.9. The van der Waals surface area contributed by atoms with E-state index in [0.29, 0.717) is 0 Å². The number of piperidine rings is 1. The summed E-state index contributed by atoms with van der Waals surface area (Å²) in [6, 6.07) is 0. The molecule has 0 amide bonds. The van der Waals surface area contributed by atoms with Crippen molar-refractivity contribution in [3.8, 4) is 0 Å². The Balaban J connectivity index is 1.60. The van der Waals surface area contributed by atoms with Crippen molar-refractivity contribution in [3.05, 3.63) is 0 Å². The van der Waals surface area contributed by atoms with Gasteiger partial charge in [0.25, 0.3) is 0 Å². The third-order valence-corrected chi connectivity index (χ3v) is 5.28. The molecule has 1 saturated carbocycles. The first-order chi connectivity index (χ1) is 8.79. The van der Waals surface area contributed by atoms with Gasteiger partial charge in [0, 0.05) is 19.1 Å². The van der Waals surface area contributed by atoms with Crippen LogP contribution in [0.2, 0.25) is 0 Å². The molecule has 2 saturated heterocycles. The molecular formula is C15H26FNO. The van der Waals surface area contributed by atoms with E-state index in [2.05, 4.69) is 5.32 Å². The van der Waals surface area contributed by atoms with Crippen molar-refractivity contribution in [1.29, 1.82) is 0 Å². The zero-order valence-electron chi connectivity index (χ0n) is 11.3. The number of halogens is 1. The molecule has 2 nitrogen and oxygen atoms in total. The Kier molecular flexibility index (Phi) is 3.90. The first-order valence-electron chi connectivity index (χ1n) is 7.78. The van der Waals surface area contributed by atoms with Gasteiger partial charge in [-0.05, 0) is 51.0 Å². The number of ether oxygens (including phenoxy) is 1. The summed E-state index contributed by atoms with van der Waals surface area (Å²) in [5.41, 5.74) is 0.0648. The van der Waals surface area contributed by atoms with E-state index in [0.717, 1.165) is 45.4 Å². The fourth-order valence-electron chi connectivity index (χ4n) is 4.24. The van der Waals surface area contributed by atoms with Gasteiger partial charge in [0.05, 0.1) is 5.60 Å². The van der Waals surface area contributed by atoms with Gasteiger partial charge < -0.3 is 10.1 Å². The predicted molar refractivity (Wildman–Crippen MR) is 70.4 cm³/mol. The van der Waals surface area contributed by atoms with Crippen molar-refractivity contribution in [2.24, 2.45) is 11.8 Å². The number of hydrogen-bond acceptors (Lipinski definition) is 2. The summed E-state index contributed by atoms with van der Waals surface area (Å²) in [6.07, 6.45) is 8.38. The van der Waals surface area contributed by atoms with Gasteiger partial charge in [-0.15, -0.1) is 0 Å². The van der Waals surface area contributed by atoms with Gasteiger partial charge >= 0.3 is 0 Å². The second kappa shape index (κ2) is 5.46. The van der Waals surface area contributed by atoms with Gasteiger partial charge in [0.15, 0.2) is 0 Å². The molecule has 3 aliphatic rings. The second-order valence-corrected chi connectivity index (χ2v) is 6.54. The molecule has 0 aromatic heterocycles. The molecule has 2 heterocycles. The minimum absolute atomic E-state index is 0.0648. The van der Waals surface area contributed by atoms with Crippen LogP contribution < -0.4 is 5.32 Å². The van der Waals surface area contributed by atoms with E-state index in [9.17, 15) is 4.39 Å². The van der Waals surface area contributed by atoms with E-state index in [1.807, 2.05) is 0 Å². The van der Waals surface area contributed by atoms with Crippen LogP contribution in [-0.2, 0) is 4.74 Å². The van der Waals surface area contributed by atoms with Crippen LogP contribution in [0.1, 0.15) is 51.4 Å². The van der Waals surface area contributed by atoms with Crippen LogP contribution in [0.3, 0.4) is 0 Å². The summed E-state index contributed by atoms with van der Waals surface area (Å²) in [5.74, 6) is 0.502. The Hall–Kier alpha value is -0.150. The van der Waals surface area contributed by atoms with Crippen LogP contribution in [0, 0.1) is 11.8 Å². The third-order valence-electron chi connectivity index (χ3n) is 5.28. The van der Waals surface area contributed by atoms with Crippen LogP contribution in [-0.4, -0.2) is 31.5 Å². The van der Waals surface area contributed by atoms with Crippen molar-refractivity contribution in [3.63, 3.8) is 0 Å². The highest BCUT2D eigenvalue weighted by molar-refractivity contribution is 4.94. The minimum atomic E-state index is -0.612. The molecule has 3 heteroatoms. The lowest BCUT2D eigenvalue weighted by Gasteiger charge is -2.41. The summed E-state index contributed by atoms with van der Waals surface area (Å²) < 4.78 is 20.7. The molecule has 3 rings (SSSR count). The lowest BCUT2D eigenvalue weighted by molar-refractivity contribution is -0.109. The van der Waals surface area contributed by atoms with Crippen LogP contribution >= 0.6 is 0 Å². The summed E-state index contributed by atoms with van der Waals surface area (Å²) in [7, 11) is 0. The quantitative estimate of drug-likeness (QED) is 0.819. The summed E-state index contributed by atoms with van der Waals surface area (Å²) in [6.45, 7) is 2.73. The maximum atomic E-state index is 14.7. The molecule has 1 aliphatic carbocycles. The van der Waals surface area contributed by atoms with Gasteiger partial charge in [-0.1, -0.05) is 12.8 Å². The Morgan fingerprint density at radius 1 is 1.11 bits per heavy atom. The van der Waals surface area contributed by atoms with Gasteiger partial charge in [0.1, 0.15) is 6.17 Å². The van der Waals surface area contributed by atoms with Gasteiger partial charge in [0.2, 0.25) is 0 Å². The zero-order valence-corrected chi connectivity index (χ0v) is 11.3. The highest BCUT2D eigenvalue weighted by Gasteiger charge is 2.43. The SMILES string of the molecule is FC(C1CCCNC1)C1CCOC2(CCCC2)C1. The van der Waals surface area contributed by atoms with Crippen molar-refractivity contribution in [1.82, 2.24) is 5.32 Å². The maximum absolute atomic E-state index is 14.7. The van der Waals surface area contributed by atoms with E-state index < -0.39 is 6.17 Å². The van der Waals surface area contributed by atoms with Gasteiger partial charge in [-0.3, -0.25) is 0 Å². The van der Waals surface area contributed by atoms with Crippen LogP contribution in [0.25, 0.3) is 0 Å². The van der Waals surface area contributed by atoms with Crippen LogP contribution in [0.4, 0.5) is 4.39 Å². The molecule has 0 aromatic carbocycles. The second-order valence-electron chi connectivity index (χ2n) is 6.54. The molecule has 3 atom stereocenters. The highest BCUT2D eigenvalue weighted by atomic mass is 19.1. The summed E-state index contributed by atoms with van der Waals surface area (Å²) >= 11 is 0. The van der Waals surface area contributed by atoms with Crippen LogP contribution in [0.15, 0.2) is 0 Å². The van der Waals surface area contributed by atoms with Crippen molar-refractivity contribution < 1.29 is 9.13 Å². The van der Waals surface area contributed by atoms with Gasteiger partial charge in [-0.25, -0.2) is 4.39 Å². The molecule has 2 aliphatic heterocycles. The predicted octanol–water partition coefficient (Wildman–Crippen LogP) is 3.06. The summed E-state index contributed by atoms with van der Waals surface area (Å²) in [4.78, 5) is 0. The summed E-state index contributed by atoms with van der Waals surface area (Å²) in [5, 5.41) is 3.34. The maximum Gasteiger partial charge on any atom is 0.107 e. The van der Waals surface area contributed by atoms with Crippen LogP contribution in [0.5, 0.6) is 0 Å². The van der Waals surface area contributed by atoms with E-state index in [-0.39, 0.29) is 17.4 Å². The number of hydrogen-bond donors (Lipinski definition) is 1. The molecule has 104 valence electrons. The standard InChI is InChI=1S/C15H26FNO/c16-14(13-4-3-8-17-11-13)12-5-9-18-15(10-12)6-1-2-7-15/h12-14,17H,1-11H2. The molecular weight excluding hydrogens is 229 g/mol. The Bertz CT molecular complexity index is 272. The van der Waals surface area contributed by atoms with E-state index >= 15 is 0 Å². The first-order valence-corrected chi connectivity index (χ1v) is 7.78. The number of nitrogens with one attached hydrogen (secondary N) is 1. The zero-order chi connectivity index (χ0) is 12.4. The molecule has 0 radical (unpaired) electrons. The minimum Gasteiger partial charge on any atom is -0.375 e. The highest BCUT2D eigenvalue weighted by Crippen LogP contribution is 2.44. The van der Waals surface area contributed by atoms with Crippen molar-refractivity contribution >= 4 is 0 Å². The molecule has 3 fully saturated rings. The number of alkyl halides is 1. The van der Waals surface area contributed by atoms with E-state index in [1.165, 1.54) is 25.7 Å². The third kappa shape index (κ3) is 2.57. The van der Waals surface area contributed by atoms with E-state index in [4.69, 9.17) is 4.74 Å². The smallest absolute Gasteiger partial charge is 0.107 e. The molecule has 3 unspecified atom stereocenters.